The molecule has 0 N–H and O–H groups in total. The molecule has 0 aliphatic carbocycles. The third kappa shape index (κ3) is 3.01. The summed E-state index contributed by atoms with van der Waals surface area (Å²) in [6.07, 6.45) is 8.89. The number of benzene rings is 1. The Morgan fingerprint density at radius 2 is 1.93 bits per heavy atom. The molecule has 0 fully saturated rings. The Morgan fingerprint density at radius 1 is 1.10 bits per heavy atom. The number of hydrogen-bond acceptors (Lipinski definition) is 6. The molecule has 0 radical (unpaired) electrons. The lowest BCUT2D eigenvalue weighted by Gasteiger charge is -2.30. The van der Waals surface area contributed by atoms with Gasteiger partial charge in [-0.25, -0.2) is 13.4 Å². The van der Waals surface area contributed by atoms with E-state index in [1.54, 1.807) is 30.4 Å². The maximum atomic E-state index is 13.3. The van der Waals surface area contributed by atoms with Gasteiger partial charge in [-0.2, -0.15) is 5.26 Å². The average Bonchev–Trinajstić information content (AvgIpc) is 3.26. The van der Waals surface area contributed by atoms with Crippen LogP contribution in [-0.4, -0.2) is 35.1 Å². The first kappa shape index (κ1) is 18.7. The van der Waals surface area contributed by atoms with Crippen LogP contribution in [0.2, 0.25) is 0 Å². The fourth-order valence-electron chi connectivity index (χ4n) is 3.48. The third-order valence-electron chi connectivity index (χ3n) is 4.97. The molecule has 0 atom stereocenters. The molecule has 4 heterocycles. The zero-order chi connectivity index (χ0) is 20.7. The lowest BCUT2D eigenvalue weighted by atomic mass is 10.1. The summed E-state index contributed by atoms with van der Waals surface area (Å²) in [4.78, 5) is 9.70. The van der Waals surface area contributed by atoms with Crippen LogP contribution in [0.15, 0.2) is 77.2 Å². The molecule has 0 bridgehead atoms. The Bertz CT molecular complexity index is 1410. The van der Waals surface area contributed by atoms with Crippen molar-refractivity contribution in [2.75, 3.05) is 16.6 Å². The fourth-order valence-corrected chi connectivity index (χ4v) is 6.23. The highest BCUT2D eigenvalue weighted by molar-refractivity contribution is 8.00. The first-order chi connectivity index (χ1) is 14.6. The number of fused-ring (bicyclic) bond motifs is 2. The average molecular weight is 434 g/mol. The Morgan fingerprint density at radius 3 is 2.73 bits per heavy atom. The summed E-state index contributed by atoms with van der Waals surface area (Å²) in [6, 6.07) is 11.9. The van der Waals surface area contributed by atoms with Crippen molar-refractivity contribution in [3.8, 4) is 17.2 Å². The van der Waals surface area contributed by atoms with Crippen LogP contribution in [0.1, 0.15) is 5.56 Å². The minimum Gasteiger partial charge on any atom is -0.307 e. The van der Waals surface area contributed by atoms with Crippen LogP contribution in [0.5, 0.6) is 0 Å². The molecule has 1 aliphatic rings. The van der Waals surface area contributed by atoms with Gasteiger partial charge < -0.3 is 4.40 Å². The van der Waals surface area contributed by atoms with Gasteiger partial charge in [0.25, 0.3) is 10.0 Å². The summed E-state index contributed by atoms with van der Waals surface area (Å²) in [6.45, 7) is 0.352. The van der Waals surface area contributed by atoms with Gasteiger partial charge in [-0.1, -0.05) is 0 Å². The number of aromatic nitrogens is 3. The molecular weight excluding hydrogens is 418 g/mol. The molecule has 1 aromatic carbocycles. The van der Waals surface area contributed by atoms with Crippen LogP contribution in [0.25, 0.3) is 16.8 Å². The van der Waals surface area contributed by atoms with Crippen molar-refractivity contribution in [2.24, 2.45) is 0 Å². The molecule has 3 aromatic heterocycles. The minimum absolute atomic E-state index is 0.156. The quantitative estimate of drug-likeness (QED) is 0.491. The van der Waals surface area contributed by atoms with Crippen LogP contribution < -0.4 is 4.31 Å². The van der Waals surface area contributed by atoms with Gasteiger partial charge >= 0.3 is 0 Å². The number of rotatable bonds is 3. The fraction of sp³-hybridized carbons (Fsp3) is 0.0952. The SMILES string of the molecule is N#Cc1ccc(S(=O)(=O)N2CCSc3c(-c4ccn5ccnc5c4)cncc32)cc1. The molecule has 0 unspecified atom stereocenters. The second-order valence-corrected chi connectivity index (χ2v) is 9.67. The van der Waals surface area contributed by atoms with E-state index in [2.05, 4.69) is 9.97 Å². The summed E-state index contributed by atoms with van der Waals surface area (Å²) in [5.41, 5.74) is 3.61. The lowest BCUT2D eigenvalue weighted by molar-refractivity contribution is 0.591. The van der Waals surface area contributed by atoms with E-state index < -0.39 is 10.0 Å². The maximum absolute atomic E-state index is 13.3. The van der Waals surface area contributed by atoms with Gasteiger partial charge in [0.1, 0.15) is 5.65 Å². The van der Waals surface area contributed by atoms with Gasteiger partial charge in [-0.15, -0.1) is 11.8 Å². The number of thioether (sulfide) groups is 1. The standard InChI is InChI=1S/C21H15N5O2S2/c22-12-15-1-3-17(4-2-15)30(27,28)26-9-10-29-21-18(13-23-14-19(21)26)16-5-7-25-8-6-24-20(25)11-16/h1-8,11,13-14H,9-10H2. The van der Waals surface area contributed by atoms with Crippen LogP contribution in [0.3, 0.4) is 0 Å². The predicted octanol–water partition coefficient (Wildman–Crippen LogP) is 3.57. The van der Waals surface area contributed by atoms with E-state index in [1.807, 2.05) is 35.0 Å². The number of sulfonamides is 1. The van der Waals surface area contributed by atoms with Gasteiger partial charge in [0.05, 0.1) is 28.4 Å². The molecule has 7 nitrogen and oxygen atoms in total. The Balaban J connectivity index is 1.61. The van der Waals surface area contributed by atoms with E-state index >= 15 is 0 Å². The number of nitrogens with zero attached hydrogens (tertiary/aromatic N) is 5. The third-order valence-corrected chi connectivity index (χ3v) is 7.90. The maximum Gasteiger partial charge on any atom is 0.264 e. The van der Waals surface area contributed by atoms with Gasteiger partial charge in [0.15, 0.2) is 0 Å². The Labute approximate surface area is 177 Å². The highest BCUT2D eigenvalue weighted by atomic mass is 32.2. The zero-order valence-electron chi connectivity index (χ0n) is 15.6. The van der Waals surface area contributed by atoms with Crippen LogP contribution in [0.4, 0.5) is 5.69 Å². The van der Waals surface area contributed by atoms with Crippen molar-refractivity contribution in [1.82, 2.24) is 14.4 Å². The zero-order valence-corrected chi connectivity index (χ0v) is 17.3. The van der Waals surface area contributed by atoms with Crippen molar-refractivity contribution in [1.29, 1.82) is 5.26 Å². The number of pyridine rings is 2. The van der Waals surface area contributed by atoms with Gasteiger partial charge in [-0.05, 0) is 42.0 Å². The van der Waals surface area contributed by atoms with Crippen LogP contribution in [0, 0.1) is 11.3 Å². The Kier molecular flexibility index (Phi) is 4.46. The second-order valence-electron chi connectivity index (χ2n) is 6.71. The summed E-state index contributed by atoms with van der Waals surface area (Å²) in [5.74, 6) is 0.630. The number of nitriles is 1. The van der Waals surface area contributed by atoms with Gasteiger partial charge in [0, 0.05) is 47.5 Å². The topological polar surface area (TPSA) is 91.4 Å². The van der Waals surface area contributed by atoms with E-state index in [0.717, 1.165) is 21.7 Å². The van der Waals surface area contributed by atoms with E-state index in [-0.39, 0.29) is 4.90 Å². The van der Waals surface area contributed by atoms with E-state index in [9.17, 15) is 8.42 Å². The second kappa shape index (κ2) is 7.16. The highest BCUT2D eigenvalue weighted by Gasteiger charge is 2.31. The minimum atomic E-state index is -3.77. The summed E-state index contributed by atoms with van der Waals surface area (Å²) < 4.78 is 30.0. The molecule has 0 saturated carbocycles. The first-order valence-corrected chi connectivity index (χ1v) is 11.6. The number of anilines is 1. The summed E-state index contributed by atoms with van der Waals surface area (Å²) in [5, 5.41) is 8.97. The summed E-state index contributed by atoms with van der Waals surface area (Å²) >= 11 is 1.62. The molecule has 0 saturated heterocycles. The van der Waals surface area contributed by atoms with Crippen molar-refractivity contribution < 1.29 is 8.42 Å². The predicted molar refractivity (Wildman–Crippen MR) is 115 cm³/mol. The van der Waals surface area contributed by atoms with Gasteiger partial charge in [-0.3, -0.25) is 9.29 Å². The molecular formula is C21H15N5O2S2. The number of hydrogen-bond donors (Lipinski definition) is 0. The molecule has 148 valence electrons. The Hall–Kier alpha value is -3.35. The molecule has 0 amide bonds. The molecule has 30 heavy (non-hydrogen) atoms. The van der Waals surface area contributed by atoms with Crippen molar-refractivity contribution in [2.45, 2.75) is 9.79 Å². The lowest BCUT2D eigenvalue weighted by Crippen LogP contribution is -2.35. The number of imidazole rings is 1. The highest BCUT2D eigenvalue weighted by Crippen LogP contribution is 2.43. The molecule has 4 aromatic rings. The van der Waals surface area contributed by atoms with Crippen LogP contribution >= 0.6 is 11.8 Å². The van der Waals surface area contributed by atoms with E-state index in [4.69, 9.17) is 5.26 Å². The van der Waals surface area contributed by atoms with E-state index in [1.165, 1.54) is 28.6 Å². The van der Waals surface area contributed by atoms with Crippen LogP contribution in [-0.2, 0) is 10.0 Å². The van der Waals surface area contributed by atoms with Crippen molar-refractivity contribution in [3.05, 3.63) is 72.9 Å². The largest absolute Gasteiger partial charge is 0.307 e. The molecule has 5 rings (SSSR count). The summed E-state index contributed by atoms with van der Waals surface area (Å²) in [7, 11) is -3.77. The van der Waals surface area contributed by atoms with Crippen molar-refractivity contribution >= 4 is 33.1 Å². The first-order valence-electron chi connectivity index (χ1n) is 9.15. The molecule has 1 aliphatic heterocycles. The monoisotopic (exact) mass is 433 g/mol. The van der Waals surface area contributed by atoms with Crippen molar-refractivity contribution in [3.63, 3.8) is 0 Å². The molecule has 9 heteroatoms. The molecule has 0 spiro atoms. The smallest absolute Gasteiger partial charge is 0.264 e. The van der Waals surface area contributed by atoms with E-state index in [0.29, 0.717) is 23.5 Å². The van der Waals surface area contributed by atoms with Gasteiger partial charge in [0.2, 0.25) is 0 Å². The normalized spacial score (nSPS) is 13.8.